The Morgan fingerprint density at radius 3 is 2.33 bits per heavy atom. The van der Waals surface area contributed by atoms with E-state index in [0.717, 1.165) is 63.7 Å². The number of carbonyl (C=O) groups excluding carboxylic acids is 1. The van der Waals surface area contributed by atoms with Crippen molar-refractivity contribution in [3.8, 4) is 0 Å². The molecule has 160 valence electrons. The molecule has 0 saturated carbocycles. The van der Waals surface area contributed by atoms with E-state index in [2.05, 4.69) is 52.8 Å². The summed E-state index contributed by atoms with van der Waals surface area (Å²) in [4.78, 5) is 20.0. The van der Waals surface area contributed by atoms with Crippen LogP contribution in [-0.2, 0) is 11.3 Å². The van der Waals surface area contributed by atoms with E-state index in [1.807, 2.05) is 18.2 Å². The smallest absolute Gasteiger partial charge is 0.225 e. The number of amides is 1. The zero-order valence-corrected chi connectivity index (χ0v) is 18.9. The maximum atomic E-state index is 13.1. The number of likely N-dealkylation sites (tertiary alicyclic amines) is 1. The topological polar surface area (TPSA) is 26.8 Å². The van der Waals surface area contributed by atoms with E-state index in [0.29, 0.717) is 5.91 Å². The van der Waals surface area contributed by atoms with E-state index < -0.39 is 0 Å². The lowest BCUT2D eigenvalue weighted by atomic mass is 9.94. The zero-order chi connectivity index (χ0) is 21.1. The summed E-state index contributed by atoms with van der Waals surface area (Å²) in [5, 5.41) is 0.831. The van der Waals surface area contributed by atoms with Crippen LogP contribution in [0.4, 0.5) is 5.69 Å². The Morgan fingerprint density at radius 2 is 1.63 bits per heavy atom. The highest BCUT2D eigenvalue weighted by atomic mass is 35.5. The molecule has 2 aliphatic rings. The second-order valence-electron chi connectivity index (χ2n) is 8.67. The van der Waals surface area contributed by atoms with Crippen LogP contribution in [0.15, 0.2) is 42.5 Å². The molecule has 4 nitrogen and oxygen atoms in total. The van der Waals surface area contributed by atoms with Gasteiger partial charge >= 0.3 is 0 Å². The van der Waals surface area contributed by atoms with Gasteiger partial charge in [0.15, 0.2) is 0 Å². The molecule has 2 fully saturated rings. The summed E-state index contributed by atoms with van der Waals surface area (Å²) in [5.41, 5.74) is 5.17. The van der Waals surface area contributed by atoms with Crippen LogP contribution in [0.25, 0.3) is 0 Å². The molecule has 4 rings (SSSR count). The number of piperidine rings is 1. The van der Waals surface area contributed by atoms with Gasteiger partial charge in [-0.1, -0.05) is 41.9 Å². The Bertz CT molecular complexity index is 884. The molecule has 2 aromatic rings. The van der Waals surface area contributed by atoms with E-state index in [-0.39, 0.29) is 5.92 Å². The van der Waals surface area contributed by atoms with Crippen molar-refractivity contribution in [2.24, 2.45) is 5.92 Å². The van der Waals surface area contributed by atoms with E-state index in [4.69, 9.17) is 11.6 Å². The van der Waals surface area contributed by atoms with Crippen molar-refractivity contribution in [2.45, 2.75) is 33.2 Å². The van der Waals surface area contributed by atoms with Gasteiger partial charge in [0.1, 0.15) is 0 Å². The molecular formula is C25H32ClN3O. The van der Waals surface area contributed by atoms with Gasteiger partial charge < -0.3 is 9.80 Å². The molecule has 0 bridgehead atoms. The summed E-state index contributed by atoms with van der Waals surface area (Å²) in [5.74, 6) is 0.521. The molecular weight excluding hydrogens is 394 g/mol. The third-order valence-corrected chi connectivity index (χ3v) is 7.17. The van der Waals surface area contributed by atoms with Crippen molar-refractivity contribution >= 4 is 23.2 Å². The number of nitrogens with zero attached hydrogens (tertiary/aromatic N) is 3. The van der Waals surface area contributed by atoms with Crippen LogP contribution in [-0.4, -0.2) is 55.0 Å². The van der Waals surface area contributed by atoms with E-state index in [9.17, 15) is 4.79 Å². The molecule has 2 saturated heterocycles. The first kappa shape index (κ1) is 21.2. The molecule has 1 amide bonds. The molecule has 5 heteroatoms. The van der Waals surface area contributed by atoms with Crippen LogP contribution in [0.5, 0.6) is 0 Å². The highest BCUT2D eigenvalue weighted by Crippen LogP contribution is 2.26. The molecule has 0 aliphatic carbocycles. The summed E-state index contributed by atoms with van der Waals surface area (Å²) in [6, 6.07) is 14.5. The lowest BCUT2D eigenvalue weighted by Gasteiger charge is -2.40. The summed E-state index contributed by atoms with van der Waals surface area (Å²) >= 11 is 6.31. The first-order valence-electron chi connectivity index (χ1n) is 11.1. The molecule has 0 aromatic heterocycles. The van der Waals surface area contributed by atoms with Gasteiger partial charge in [0.05, 0.1) is 0 Å². The average molecular weight is 426 g/mol. The zero-order valence-electron chi connectivity index (χ0n) is 18.1. The Labute approximate surface area is 185 Å². The molecule has 2 aliphatic heterocycles. The monoisotopic (exact) mass is 425 g/mol. The van der Waals surface area contributed by atoms with Gasteiger partial charge in [0, 0.05) is 49.4 Å². The van der Waals surface area contributed by atoms with Gasteiger partial charge in [-0.2, -0.15) is 0 Å². The normalized spacial score (nSPS) is 18.6. The van der Waals surface area contributed by atoms with Crippen molar-refractivity contribution in [2.75, 3.05) is 44.2 Å². The fourth-order valence-electron chi connectivity index (χ4n) is 4.71. The van der Waals surface area contributed by atoms with Crippen LogP contribution in [0, 0.1) is 19.8 Å². The Balaban J connectivity index is 1.27. The van der Waals surface area contributed by atoms with Crippen molar-refractivity contribution in [3.63, 3.8) is 0 Å². The number of benzene rings is 2. The summed E-state index contributed by atoms with van der Waals surface area (Å²) < 4.78 is 0. The fraction of sp³-hybridized carbons (Fsp3) is 0.480. The Kier molecular flexibility index (Phi) is 6.64. The van der Waals surface area contributed by atoms with E-state index in [1.54, 1.807) is 0 Å². The van der Waals surface area contributed by atoms with E-state index in [1.165, 1.54) is 22.4 Å². The highest BCUT2D eigenvalue weighted by Gasteiger charge is 2.30. The minimum absolute atomic E-state index is 0.166. The molecule has 0 N–H and O–H groups in total. The number of piperazine rings is 1. The maximum Gasteiger partial charge on any atom is 0.225 e. The van der Waals surface area contributed by atoms with Gasteiger partial charge in [-0.15, -0.1) is 0 Å². The molecule has 0 spiro atoms. The molecule has 30 heavy (non-hydrogen) atoms. The molecule has 0 atom stereocenters. The number of rotatable bonds is 4. The van der Waals surface area contributed by atoms with Crippen molar-refractivity contribution in [3.05, 3.63) is 64.2 Å². The molecule has 0 radical (unpaired) electrons. The third kappa shape index (κ3) is 4.65. The third-order valence-electron chi connectivity index (χ3n) is 6.80. The summed E-state index contributed by atoms with van der Waals surface area (Å²) in [6.45, 7) is 10.6. The summed E-state index contributed by atoms with van der Waals surface area (Å²) in [6.07, 6.45) is 1.89. The number of carbonyl (C=O) groups is 1. The van der Waals surface area contributed by atoms with Gasteiger partial charge in [-0.05, 0) is 68.6 Å². The van der Waals surface area contributed by atoms with Crippen LogP contribution in [0.1, 0.15) is 29.5 Å². The number of hydrogen-bond acceptors (Lipinski definition) is 3. The van der Waals surface area contributed by atoms with Crippen LogP contribution in [0.3, 0.4) is 0 Å². The average Bonchev–Trinajstić information content (AvgIpc) is 2.77. The van der Waals surface area contributed by atoms with Crippen LogP contribution < -0.4 is 4.90 Å². The first-order valence-corrected chi connectivity index (χ1v) is 11.5. The van der Waals surface area contributed by atoms with Crippen molar-refractivity contribution in [1.82, 2.24) is 9.80 Å². The Hall–Kier alpha value is -2.04. The summed E-state index contributed by atoms with van der Waals surface area (Å²) in [7, 11) is 0. The number of anilines is 1. The quantitative estimate of drug-likeness (QED) is 0.720. The van der Waals surface area contributed by atoms with Gasteiger partial charge in [-0.25, -0.2) is 0 Å². The number of aryl methyl sites for hydroxylation is 1. The molecule has 0 unspecified atom stereocenters. The number of hydrogen-bond donors (Lipinski definition) is 0. The van der Waals surface area contributed by atoms with Gasteiger partial charge in [0.2, 0.25) is 5.91 Å². The van der Waals surface area contributed by atoms with E-state index >= 15 is 0 Å². The Morgan fingerprint density at radius 1 is 0.933 bits per heavy atom. The van der Waals surface area contributed by atoms with Crippen molar-refractivity contribution in [1.29, 1.82) is 0 Å². The fourth-order valence-corrected chi connectivity index (χ4v) is 4.91. The predicted octanol–water partition coefficient (Wildman–Crippen LogP) is 4.52. The van der Waals surface area contributed by atoms with Gasteiger partial charge in [-0.3, -0.25) is 9.69 Å². The highest BCUT2D eigenvalue weighted by molar-refractivity contribution is 6.31. The SMILES string of the molecule is Cc1cccc(N2CCN(C(=O)C3CCN(Cc4ccccc4Cl)CC3)CC2)c1C. The first-order chi connectivity index (χ1) is 14.5. The predicted molar refractivity (Wildman–Crippen MR) is 124 cm³/mol. The van der Waals surface area contributed by atoms with Crippen LogP contribution in [0.2, 0.25) is 5.02 Å². The second-order valence-corrected chi connectivity index (χ2v) is 9.08. The largest absolute Gasteiger partial charge is 0.368 e. The van der Waals surface area contributed by atoms with Crippen molar-refractivity contribution < 1.29 is 4.79 Å². The number of halogens is 1. The minimum Gasteiger partial charge on any atom is -0.368 e. The maximum absolute atomic E-state index is 13.1. The molecule has 2 aromatic carbocycles. The standard InChI is InChI=1S/C25H32ClN3O/c1-19-6-5-9-24(20(19)2)28-14-16-29(17-15-28)25(30)21-10-12-27(13-11-21)18-22-7-3-4-8-23(22)26/h3-9,21H,10-18H2,1-2H3. The lowest BCUT2D eigenvalue weighted by molar-refractivity contribution is -0.137. The van der Waals surface area contributed by atoms with Gasteiger partial charge in [0.25, 0.3) is 0 Å². The minimum atomic E-state index is 0.166. The second kappa shape index (κ2) is 9.40. The van der Waals surface area contributed by atoms with Crippen LogP contribution >= 0.6 is 11.6 Å². The lowest BCUT2D eigenvalue weighted by Crippen LogP contribution is -2.51. The molecule has 2 heterocycles.